The van der Waals surface area contributed by atoms with Gasteiger partial charge in [0, 0.05) is 12.6 Å². The lowest BCUT2D eigenvalue weighted by Crippen LogP contribution is -2.50. The molecule has 1 aliphatic carbocycles. The van der Waals surface area contributed by atoms with E-state index in [-0.39, 0.29) is 18.4 Å². The molecule has 2 aromatic carbocycles. The van der Waals surface area contributed by atoms with E-state index in [0.717, 1.165) is 42.5 Å². The minimum Gasteiger partial charge on any atom is -0.493 e. The number of methoxy groups -OCH3 is 2. The Kier molecular flexibility index (Phi) is 7.94. The number of thiocarbonyl (C=S) groups is 1. The van der Waals surface area contributed by atoms with Gasteiger partial charge in [-0.25, -0.2) is 0 Å². The summed E-state index contributed by atoms with van der Waals surface area (Å²) in [5.74, 6) is 1.39. The van der Waals surface area contributed by atoms with Crippen molar-refractivity contribution in [2.24, 2.45) is 0 Å². The molecule has 9 heteroatoms. The highest BCUT2D eigenvalue weighted by Gasteiger charge is 2.33. The average molecular weight is 509 g/mol. The normalized spacial score (nSPS) is 18.5. The predicted molar refractivity (Wildman–Crippen MR) is 132 cm³/mol. The molecule has 35 heavy (non-hydrogen) atoms. The van der Waals surface area contributed by atoms with Gasteiger partial charge < -0.3 is 24.4 Å². The number of nitrogens with zero attached hydrogens (tertiary/aromatic N) is 1. The van der Waals surface area contributed by atoms with E-state index in [1.165, 1.54) is 31.4 Å². The molecule has 1 atom stereocenters. The Hall–Kier alpha value is -2.68. The topological polar surface area (TPSA) is 43.0 Å². The molecule has 1 aliphatic heterocycles. The van der Waals surface area contributed by atoms with E-state index < -0.39 is 11.7 Å². The van der Waals surface area contributed by atoms with E-state index in [1.54, 1.807) is 14.2 Å². The third-order valence-corrected chi connectivity index (χ3v) is 7.12. The van der Waals surface area contributed by atoms with Gasteiger partial charge in [-0.2, -0.15) is 13.2 Å². The molecule has 0 saturated heterocycles. The number of benzene rings is 2. The van der Waals surface area contributed by atoms with Crippen LogP contribution < -0.4 is 19.5 Å². The third kappa shape index (κ3) is 5.94. The van der Waals surface area contributed by atoms with Crippen molar-refractivity contribution in [2.75, 3.05) is 27.4 Å². The van der Waals surface area contributed by atoms with Gasteiger partial charge in [-0.3, -0.25) is 0 Å². The Morgan fingerprint density at radius 3 is 2.46 bits per heavy atom. The lowest BCUT2D eigenvalue weighted by atomic mass is 9.92. The van der Waals surface area contributed by atoms with Crippen LogP contribution in [0.5, 0.6) is 17.2 Å². The van der Waals surface area contributed by atoms with Gasteiger partial charge in [0.05, 0.1) is 25.8 Å². The van der Waals surface area contributed by atoms with Gasteiger partial charge in [0.25, 0.3) is 0 Å². The van der Waals surface area contributed by atoms with Gasteiger partial charge in [-0.15, -0.1) is 0 Å². The average Bonchev–Trinajstić information content (AvgIpc) is 2.86. The number of rotatable bonds is 6. The highest BCUT2D eigenvalue weighted by Crippen LogP contribution is 2.39. The zero-order valence-electron chi connectivity index (χ0n) is 20.0. The molecule has 0 aromatic heterocycles. The molecule has 2 aromatic rings. The summed E-state index contributed by atoms with van der Waals surface area (Å²) in [6.07, 6.45) is 2.10. The van der Waals surface area contributed by atoms with Crippen LogP contribution in [0.1, 0.15) is 54.8 Å². The Morgan fingerprint density at radius 1 is 1.06 bits per heavy atom. The molecule has 1 fully saturated rings. The van der Waals surface area contributed by atoms with Crippen LogP contribution in [0.2, 0.25) is 0 Å². The summed E-state index contributed by atoms with van der Waals surface area (Å²) in [4.78, 5) is 2.09. The molecule has 1 N–H and O–H groups in total. The molecule has 0 spiro atoms. The number of fused-ring (bicyclic) bond motifs is 1. The molecule has 0 amide bonds. The third-order valence-electron chi connectivity index (χ3n) is 6.77. The van der Waals surface area contributed by atoms with Crippen molar-refractivity contribution in [3.8, 4) is 17.2 Å². The molecule has 1 unspecified atom stereocenters. The predicted octanol–water partition coefficient (Wildman–Crippen LogP) is 5.91. The minimum atomic E-state index is -4.43. The molecular weight excluding hydrogens is 477 g/mol. The van der Waals surface area contributed by atoms with Gasteiger partial charge in [-0.05, 0) is 72.9 Å². The highest BCUT2D eigenvalue weighted by atomic mass is 32.1. The Bertz CT molecular complexity index is 1040. The van der Waals surface area contributed by atoms with Gasteiger partial charge in [0.1, 0.15) is 12.4 Å². The van der Waals surface area contributed by atoms with Crippen LogP contribution >= 0.6 is 12.2 Å². The second-order valence-electron chi connectivity index (χ2n) is 8.99. The second kappa shape index (κ2) is 10.9. The molecule has 190 valence electrons. The molecule has 5 nitrogen and oxygen atoms in total. The van der Waals surface area contributed by atoms with E-state index >= 15 is 0 Å². The monoisotopic (exact) mass is 508 g/mol. The lowest BCUT2D eigenvalue weighted by molar-refractivity contribution is -0.137. The first-order chi connectivity index (χ1) is 16.8. The summed E-state index contributed by atoms with van der Waals surface area (Å²) in [5, 5.41) is 4.17. The largest absolute Gasteiger partial charge is 0.493 e. The SMILES string of the molecule is COc1cc2c(cc1OC)C(COc1cccc(C(F)(F)F)c1)N(C(=S)NC1CCCCC1)CC2. The van der Waals surface area contributed by atoms with Crippen LogP contribution in [0.25, 0.3) is 0 Å². The van der Waals surface area contributed by atoms with Crippen LogP contribution in [0, 0.1) is 0 Å². The molecular formula is C26H31F3N2O3S. The molecule has 4 rings (SSSR count). The van der Waals surface area contributed by atoms with Crippen molar-refractivity contribution in [3.05, 3.63) is 53.1 Å². The maximum atomic E-state index is 13.2. The zero-order chi connectivity index (χ0) is 25.0. The van der Waals surface area contributed by atoms with E-state index in [4.69, 9.17) is 26.4 Å². The number of alkyl halides is 3. The van der Waals surface area contributed by atoms with Gasteiger partial charge in [0.2, 0.25) is 0 Å². The minimum absolute atomic E-state index is 0.135. The number of nitrogens with one attached hydrogen (secondary N) is 1. The van der Waals surface area contributed by atoms with Crippen LogP contribution in [0.15, 0.2) is 36.4 Å². The van der Waals surface area contributed by atoms with Crippen LogP contribution in [0.3, 0.4) is 0 Å². The molecule has 0 radical (unpaired) electrons. The van der Waals surface area contributed by atoms with Crippen molar-refractivity contribution in [1.82, 2.24) is 10.2 Å². The van der Waals surface area contributed by atoms with E-state index in [0.29, 0.717) is 29.2 Å². The molecule has 1 saturated carbocycles. The quantitative estimate of drug-likeness (QED) is 0.490. The highest BCUT2D eigenvalue weighted by molar-refractivity contribution is 7.80. The van der Waals surface area contributed by atoms with Crippen molar-refractivity contribution < 1.29 is 27.4 Å². The van der Waals surface area contributed by atoms with Crippen molar-refractivity contribution in [2.45, 2.75) is 56.8 Å². The fourth-order valence-corrected chi connectivity index (χ4v) is 5.28. The molecule has 1 heterocycles. The number of hydrogen-bond acceptors (Lipinski definition) is 4. The molecule has 2 aliphatic rings. The summed E-state index contributed by atoms with van der Waals surface area (Å²) < 4.78 is 56.5. The van der Waals surface area contributed by atoms with Crippen molar-refractivity contribution in [1.29, 1.82) is 0 Å². The van der Waals surface area contributed by atoms with E-state index in [9.17, 15) is 13.2 Å². The smallest absolute Gasteiger partial charge is 0.416 e. The standard InChI is InChI=1S/C26H31F3N2O3S/c1-32-23-13-17-11-12-31(25(35)30-19-8-4-3-5-9-19)22(21(17)15-24(23)33-2)16-34-20-10-6-7-18(14-20)26(27,28)29/h6-7,10,13-15,19,22H,3-5,8-9,11-12,16H2,1-2H3,(H,30,35). The number of halogens is 3. The fourth-order valence-electron chi connectivity index (χ4n) is 4.89. The first-order valence-electron chi connectivity index (χ1n) is 11.9. The molecule has 0 bridgehead atoms. The maximum absolute atomic E-state index is 13.2. The van der Waals surface area contributed by atoms with Crippen molar-refractivity contribution in [3.63, 3.8) is 0 Å². The Labute approximate surface area is 209 Å². The number of ether oxygens (including phenoxy) is 3. The number of hydrogen-bond donors (Lipinski definition) is 1. The summed E-state index contributed by atoms with van der Waals surface area (Å²) in [6, 6.07) is 8.88. The summed E-state index contributed by atoms with van der Waals surface area (Å²) in [7, 11) is 3.17. The first kappa shape index (κ1) is 25.4. The fraction of sp³-hybridized carbons (Fsp3) is 0.500. The Balaban J connectivity index is 1.61. The summed E-state index contributed by atoms with van der Waals surface area (Å²) in [5.41, 5.74) is 1.31. The van der Waals surface area contributed by atoms with Crippen LogP contribution in [-0.2, 0) is 12.6 Å². The second-order valence-corrected chi connectivity index (χ2v) is 9.37. The Morgan fingerprint density at radius 2 is 1.77 bits per heavy atom. The van der Waals surface area contributed by atoms with E-state index in [1.807, 2.05) is 12.1 Å². The van der Waals surface area contributed by atoms with Crippen LogP contribution in [-0.4, -0.2) is 43.4 Å². The van der Waals surface area contributed by atoms with Gasteiger partial charge in [-0.1, -0.05) is 25.3 Å². The van der Waals surface area contributed by atoms with E-state index in [2.05, 4.69) is 10.2 Å². The van der Waals surface area contributed by atoms with Gasteiger partial charge >= 0.3 is 6.18 Å². The summed E-state index contributed by atoms with van der Waals surface area (Å²) >= 11 is 5.83. The zero-order valence-corrected chi connectivity index (χ0v) is 20.8. The van der Waals surface area contributed by atoms with Gasteiger partial charge in [0.15, 0.2) is 16.6 Å². The van der Waals surface area contributed by atoms with Crippen LogP contribution in [0.4, 0.5) is 13.2 Å². The summed E-state index contributed by atoms with van der Waals surface area (Å²) in [6.45, 7) is 0.800. The van der Waals surface area contributed by atoms with Crippen molar-refractivity contribution >= 4 is 17.3 Å². The maximum Gasteiger partial charge on any atom is 0.416 e. The first-order valence-corrected chi connectivity index (χ1v) is 12.3. The lowest BCUT2D eigenvalue weighted by Gasteiger charge is -2.40.